The SMILES string of the molecule is CC(C)C(CNCCCCCO)c1ccccc1. The van der Waals surface area contributed by atoms with E-state index in [1.165, 1.54) is 5.56 Å². The van der Waals surface area contributed by atoms with Crippen molar-refractivity contribution >= 4 is 0 Å². The zero-order valence-electron chi connectivity index (χ0n) is 11.7. The third-order valence-corrected chi connectivity index (χ3v) is 3.41. The van der Waals surface area contributed by atoms with E-state index in [1.54, 1.807) is 0 Å². The quantitative estimate of drug-likeness (QED) is 0.659. The lowest BCUT2D eigenvalue weighted by Crippen LogP contribution is -2.25. The molecule has 0 saturated carbocycles. The number of unbranched alkanes of at least 4 members (excludes halogenated alkanes) is 2. The Hall–Kier alpha value is -0.860. The van der Waals surface area contributed by atoms with Crippen molar-refractivity contribution in [3.05, 3.63) is 35.9 Å². The smallest absolute Gasteiger partial charge is 0.0431 e. The maximum Gasteiger partial charge on any atom is 0.0431 e. The minimum Gasteiger partial charge on any atom is -0.396 e. The number of aliphatic hydroxyl groups excluding tert-OH is 1. The summed E-state index contributed by atoms with van der Waals surface area (Å²) in [7, 11) is 0. The van der Waals surface area contributed by atoms with E-state index in [0.29, 0.717) is 18.4 Å². The van der Waals surface area contributed by atoms with E-state index < -0.39 is 0 Å². The molecule has 0 spiro atoms. The minimum atomic E-state index is 0.318. The number of aliphatic hydroxyl groups is 1. The molecule has 0 radical (unpaired) electrons. The highest BCUT2D eigenvalue weighted by Crippen LogP contribution is 2.23. The molecule has 1 atom stereocenters. The second kappa shape index (κ2) is 9.12. The largest absolute Gasteiger partial charge is 0.396 e. The van der Waals surface area contributed by atoms with E-state index in [1.807, 2.05) is 0 Å². The number of hydrogen-bond donors (Lipinski definition) is 2. The molecular weight excluding hydrogens is 222 g/mol. The van der Waals surface area contributed by atoms with Crippen LogP contribution in [0, 0.1) is 5.92 Å². The molecule has 0 aliphatic carbocycles. The van der Waals surface area contributed by atoms with Crippen molar-refractivity contribution in [2.24, 2.45) is 5.92 Å². The maximum atomic E-state index is 8.71. The van der Waals surface area contributed by atoms with Crippen LogP contribution in [0.2, 0.25) is 0 Å². The van der Waals surface area contributed by atoms with Crippen LogP contribution in [0.25, 0.3) is 0 Å². The summed E-state index contributed by atoms with van der Waals surface area (Å²) in [6, 6.07) is 10.7. The fourth-order valence-corrected chi connectivity index (χ4v) is 2.23. The van der Waals surface area contributed by atoms with Gasteiger partial charge in [-0.05, 0) is 43.2 Å². The highest BCUT2D eigenvalue weighted by Gasteiger charge is 2.14. The van der Waals surface area contributed by atoms with Gasteiger partial charge in [0, 0.05) is 13.2 Å². The summed E-state index contributed by atoms with van der Waals surface area (Å²) in [4.78, 5) is 0. The monoisotopic (exact) mass is 249 g/mol. The molecule has 1 rings (SSSR count). The first kappa shape index (κ1) is 15.2. The number of hydrogen-bond acceptors (Lipinski definition) is 2. The third-order valence-electron chi connectivity index (χ3n) is 3.41. The van der Waals surface area contributed by atoms with Crippen LogP contribution in [-0.4, -0.2) is 24.8 Å². The summed E-state index contributed by atoms with van der Waals surface area (Å²) in [5.41, 5.74) is 1.43. The third kappa shape index (κ3) is 5.65. The van der Waals surface area contributed by atoms with E-state index in [0.717, 1.165) is 32.4 Å². The molecule has 0 saturated heterocycles. The first-order valence-electron chi connectivity index (χ1n) is 7.12. The van der Waals surface area contributed by atoms with Gasteiger partial charge in [-0.1, -0.05) is 44.2 Å². The normalized spacial score (nSPS) is 12.9. The molecule has 2 N–H and O–H groups in total. The standard InChI is InChI=1S/C16H27NO/c1-14(2)16(15-9-5-3-6-10-15)13-17-11-7-4-8-12-18/h3,5-6,9-10,14,16-18H,4,7-8,11-13H2,1-2H3. The second-order valence-corrected chi connectivity index (χ2v) is 5.25. The predicted molar refractivity (Wildman–Crippen MR) is 77.8 cm³/mol. The summed E-state index contributed by atoms with van der Waals surface area (Å²) in [6.45, 7) is 6.98. The van der Waals surface area contributed by atoms with Crippen molar-refractivity contribution in [1.29, 1.82) is 0 Å². The Kier molecular flexibility index (Phi) is 7.70. The molecule has 102 valence electrons. The average Bonchev–Trinajstić information content (AvgIpc) is 2.38. The van der Waals surface area contributed by atoms with Crippen LogP contribution in [0.15, 0.2) is 30.3 Å². The highest BCUT2D eigenvalue weighted by atomic mass is 16.2. The summed E-state index contributed by atoms with van der Waals surface area (Å²) in [6.07, 6.45) is 3.19. The van der Waals surface area contributed by atoms with E-state index >= 15 is 0 Å². The maximum absolute atomic E-state index is 8.71. The zero-order valence-corrected chi connectivity index (χ0v) is 11.7. The van der Waals surface area contributed by atoms with Gasteiger partial charge in [0.15, 0.2) is 0 Å². The van der Waals surface area contributed by atoms with E-state index in [9.17, 15) is 0 Å². The van der Waals surface area contributed by atoms with Gasteiger partial charge >= 0.3 is 0 Å². The summed E-state index contributed by atoms with van der Waals surface area (Å²) >= 11 is 0. The van der Waals surface area contributed by atoms with Gasteiger partial charge < -0.3 is 10.4 Å². The van der Waals surface area contributed by atoms with Crippen LogP contribution in [0.5, 0.6) is 0 Å². The van der Waals surface area contributed by atoms with Crippen molar-refractivity contribution in [2.45, 2.75) is 39.0 Å². The van der Waals surface area contributed by atoms with Crippen LogP contribution in [0.1, 0.15) is 44.6 Å². The van der Waals surface area contributed by atoms with Gasteiger partial charge in [0.05, 0.1) is 0 Å². The minimum absolute atomic E-state index is 0.318. The lowest BCUT2D eigenvalue weighted by Gasteiger charge is -2.22. The van der Waals surface area contributed by atoms with Crippen molar-refractivity contribution in [3.63, 3.8) is 0 Å². The zero-order chi connectivity index (χ0) is 13.2. The fourth-order valence-electron chi connectivity index (χ4n) is 2.23. The Labute approximate surface area is 111 Å². The first-order valence-corrected chi connectivity index (χ1v) is 7.12. The summed E-state index contributed by atoms with van der Waals surface area (Å²) in [5, 5.41) is 12.3. The van der Waals surface area contributed by atoms with Crippen LogP contribution in [0.3, 0.4) is 0 Å². The van der Waals surface area contributed by atoms with Crippen molar-refractivity contribution in [1.82, 2.24) is 5.32 Å². The highest BCUT2D eigenvalue weighted by molar-refractivity contribution is 5.20. The van der Waals surface area contributed by atoms with Crippen LogP contribution < -0.4 is 5.32 Å². The molecule has 2 heteroatoms. The van der Waals surface area contributed by atoms with Crippen molar-refractivity contribution < 1.29 is 5.11 Å². The Morgan fingerprint density at radius 1 is 1.06 bits per heavy atom. The molecule has 0 aliphatic heterocycles. The van der Waals surface area contributed by atoms with Gasteiger partial charge in [-0.15, -0.1) is 0 Å². The molecule has 0 bridgehead atoms. The van der Waals surface area contributed by atoms with Crippen molar-refractivity contribution in [3.8, 4) is 0 Å². The van der Waals surface area contributed by atoms with E-state index in [4.69, 9.17) is 5.11 Å². The predicted octanol–water partition coefficient (Wildman–Crippen LogP) is 3.18. The molecule has 0 aromatic heterocycles. The summed E-state index contributed by atoms with van der Waals surface area (Å²) < 4.78 is 0. The van der Waals surface area contributed by atoms with Crippen molar-refractivity contribution in [2.75, 3.05) is 19.7 Å². The van der Waals surface area contributed by atoms with Gasteiger partial charge in [-0.25, -0.2) is 0 Å². The molecular formula is C16H27NO. The van der Waals surface area contributed by atoms with Gasteiger partial charge in [0.25, 0.3) is 0 Å². The van der Waals surface area contributed by atoms with Crippen LogP contribution in [0.4, 0.5) is 0 Å². The molecule has 1 aromatic carbocycles. The Morgan fingerprint density at radius 2 is 1.78 bits per heavy atom. The molecule has 1 unspecified atom stereocenters. The van der Waals surface area contributed by atoms with E-state index in [2.05, 4.69) is 49.5 Å². The van der Waals surface area contributed by atoms with Gasteiger partial charge in [-0.2, -0.15) is 0 Å². The number of nitrogens with one attached hydrogen (secondary N) is 1. The lowest BCUT2D eigenvalue weighted by molar-refractivity contribution is 0.282. The molecule has 1 aromatic rings. The molecule has 0 heterocycles. The van der Waals surface area contributed by atoms with Crippen LogP contribution in [-0.2, 0) is 0 Å². The summed E-state index contributed by atoms with van der Waals surface area (Å²) in [5.74, 6) is 1.24. The molecule has 0 amide bonds. The van der Waals surface area contributed by atoms with Crippen LogP contribution >= 0.6 is 0 Å². The van der Waals surface area contributed by atoms with Gasteiger partial charge in [0.1, 0.15) is 0 Å². The molecule has 0 fully saturated rings. The number of benzene rings is 1. The first-order chi connectivity index (χ1) is 8.75. The fraction of sp³-hybridized carbons (Fsp3) is 0.625. The van der Waals surface area contributed by atoms with Gasteiger partial charge in [0.2, 0.25) is 0 Å². The molecule has 2 nitrogen and oxygen atoms in total. The van der Waals surface area contributed by atoms with E-state index in [-0.39, 0.29) is 0 Å². The molecule has 0 aliphatic rings. The van der Waals surface area contributed by atoms with Gasteiger partial charge in [-0.3, -0.25) is 0 Å². The number of rotatable bonds is 9. The lowest BCUT2D eigenvalue weighted by atomic mass is 9.88. The average molecular weight is 249 g/mol. The Balaban J connectivity index is 2.31. The second-order valence-electron chi connectivity index (χ2n) is 5.25. The Bertz CT molecular complexity index is 297. The topological polar surface area (TPSA) is 32.3 Å². The Morgan fingerprint density at radius 3 is 2.39 bits per heavy atom. The molecule has 18 heavy (non-hydrogen) atoms.